The van der Waals surface area contributed by atoms with Crippen molar-refractivity contribution in [2.45, 2.75) is 12.6 Å². The molecule has 1 aliphatic heterocycles. The summed E-state index contributed by atoms with van der Waals surface area (Å²) in [6, 6.07) is 3.81. The van der Waals surface area contributed by atoms with Gasteiger partial charge in [-0.1, -0.05) is 0 Å². The molecular formula is C12H17N3O2. The summed E-state index contributed by atoms with van der Waals surface area (Å²) in [5.41, 5.74) is 1.07. The fourth-order valence-electron chi connectivity index (χ4n) is 1.81. The number of carbonyl (C=O) groups excluding carboxylic acids is 1. The van der Waals surface area contributed by atoms with Crippen molar-refractivity contribution in [2.24, 2.45) is 0 Å². The zero-order valence-corrected chi connectivity index (χ0v) is 9.93. The van der Waals surface area contributed by atoms with Gasteiger partial charge in [0.1, 0.15) is 6.10 Å². The molecule has 1 aromatic heterocycles. The summed E-state index contributed by atoms with van der Waals surface area (Å²) >= 11 is 0. The van der Waals surface area contributed by atoms with Crippen LogP contribution in [0.3, 0.4) is 0 Å². The van der Waals surface area contributed by atoms with Gasteiger partial charge in [0.15, 0.2) is 0 Å². The Morgan fingerprint density at radius 1 is 1.59 bits per heavy atom. The molecule has 0 aromatic carbocycles. The highest BCUT2D eigenvalue weighted by Gasteiger charge is 2.24. The Balaban J connectivity index is 1.90. The number of ether oxygens (including phenoxy) is 1. The first-order valence-corrected chi connectivity index (χ1v) is 5.73. The van der Waals surface area contributed by atoms with E-state index >= 15 is 0 Å². The summed E-state index contributed by atoms with van der Waals surface area (Å²) in [7, 11) is 1.79. The van der Waals surface area contributed by atoms with Crippen LogP contribution in [0, 0.1) is 0 Å². The van der Waals surface area contributed by atoms with Crippen molar-refractivity contribution in [2.75, 3.05) is 26.7 Å². The highest BCUT2D eigenvalue weighted by atomic mass is 16.5. The van der Waals surface area contributed by atoms with Crippen LogP contribution in [0.15, 0.2) is 24.5 Å². The number of morpholine rings is 1. The van der Waals surface area contributed by atoms with E-state index in [9.17, 15) is 4.79 Å². The first-order chi connectivity index (χ1) is 8.27. The fraction of sp³-hybridized carbons (Fsp3) is 0.500. The lowest BCUT2D eigenvalue weighted by atomic mass is 10.2. The largest absolute Gasteiger partial charge is 0.366 e. The van der Waals surface area contributed by atoms with Crippen LogP contribution < -0.4 is 5.32 Å². The van der Waals surface area contributed by atoms with Gasteiger partial charge in [0.05, 0.1) is 6.61 Å². The lowest BCUT2D eigenvalue weighted by Gasteiger charge is -2.27. The Bertz CT molecular complexity index is 363. The van der Waals surface area contributed by atoms with Gasteiger partial charge in [-0.15, -0.1) is 0 Å². The van der Waals surface area contributed by atoms with Gasteiger partial charge in [-0.05, 0) is 17.7 Å². The number of nitrogens with one attached hydrogen (secondary N) is 1. The Morgan fingerprint density at radius 3 is 3.00 bits per heavy atom. The van der Waals surface area contributed by atoms with Gasteiger partial charge >= 0.3 is 0 Å². The second kappa shape index (κ2) is 5.75. The van der Waals surface area contributed by atoms with Crippen molar-refractivity contribution < 1.29 is 9.53 Å². The molecule has 1 fully saturated rings. The first-order valence-electron chi connectivity index (χ1n) is 5.73. The van der Waals surface area contributed by atoms with Gasteiger partial charge in [0.25, 0.3) is 5.91 Å². The number of nitrogens with zero attached hydrogens (tertiary/aromatic N) is 2. The summed E-state index contributed by atoms with van der Waals surface area (Å²) in [6.07, 6.45) is 3.11. The molecule has 92 valence electrons. The van der Waals surface area contributed by atoms with E-state index in [2.05, 4.69) is 10.3 Å². The van der Waals surface area contributed by atoms with Crippen LogP contribution in [0.2, 0.25) is 0 Å². The minimum atomic E-state index is -0.351. The van der Waals surface area contributed by atoms with Crippen LogP contribution in [0.4, 0.5) is 0 Å². The summed E-state index contributed by atoms with van der Waals surface area (Å²) in [4.78, 5) is 17.7. The maximum Gasteiger partial charge on any atom is 0.253 e. The van der Waals surface area contributed by atoms with Crippen molar-refractivity contribution in [1.82, 2.24) is 15.2 Å². The van der Waals surface area contributed by atoms with E-state index in [1.54, 1.807) is 24.3 Å². The monoisotopic (exact) mass is 235 g/mol. The van der Waals surface area contributed by atoms with Crippen molar-refractivity contribution in [3.05, 3.63) is 30.1 Å². The zero-order chi connectivity index (χ0) is 12.1. The second-order valence-corrected chi connectivity index (χ2v) is 4.11. The standard InChI is InChI=1S/C12H17N3O2/c1-15(9-10-2-4-13-5-3-10)12(16)11-8-14-6-7-17-11/h2-5,11,14H,6-9H2,1H3. The molecule has 1 saturated heterocycles. The van der Waals surface area contributed by atoms with Crippen LogP contribution in [0.25, 0.3) is 0 Å². The van der Waals surface area contributed by atoms with Crippen molar-refractivity contribution >= 4 is 5.91 Å². The minimum absolute atomic E-state index is 0.0222. The number of hydrogen-bond acceptors (Lipinski definition) is 4. The van der Waals surface area contributed by atoms with E-state index in [1.807, 2.05) is 12.1 Å². The van der Waals surface area contributed by atoms with Crippen LogP contribution in [-0.2, 0) is 16.1 Å². The fourth-order valence-corrected chi connectivity index (χ4v) is 1.81. The zero-order valence-electron chi connectivity index (χ0n) is 9.93. The van der Waals surface area contributed by atoms with E-state index in [-0.39, 0.29) is 12.0 Å². The lowest BCUT2D eigenvalue weighted by molar-refractivity contribution is -0.144. The normalized spacial score (nSPS) is 19.9. The average Bonchev–Trinajstić information content (AvgIpc) is 2.40. The van der Waals surface area contributed by atoms with Crippen LogP contribution in [0.5, 0.6) is 0 Å². The van der Waals surface area contributed by atoms with E-state index in [1.165, 1.54) is 0 Å². The average molecular weight is 235 g/mol. The maximum atomic E-state index is 12.0. The molecule has 1 atom stereocenters. The van der Waals surface area contributed by atoms with Crippen LogP contribution in [-0.4, -0.2) is 48.6 Å². The number of hydrogen-bond donors (Lipinski definition) is 1. The molecule has 1 unspecified atom stereocenters. The molecule has 0 aliphatic carbocycles. The van der Waals surface area contributed by atoms with Gasteiger partial charge in [-0.2, -0.15) is 0 Å². The summed E-state index contributed by atoms with van der Waals surface area (Å²) in [6.45, 7) is 2.60. The maximum absolute atomic E-state index is 12.0. The molecule has 5 heteroatoms. The van der Waals surface area contributed by atoms with Gasteiger partial charge in [-0.3, -0.25) is 9.78 Å². The topological polar surface area (TPSA) is 54.5 Å². The third-order valence-electron chi connectivity index (χ3n) is 2.75. The highest BCUT2D eigenvalue weighted by Crippen LogP contribution is 2.06. The van der Waals surface area contributed by atoms with Gasteiger partial charge in [0, 0.05) is 39.1 Å². The third kappa shape index (κ3) is 3.25. The molecule has 1 N–H and O–H groups in total. The lowest BCUT2D eigenvalue weighted by Crippen LogP contribution is -2.48. The molecule has 2 rings (SSSR count). The molecule has 0 radical (unpaired) electrons. The molecule has 17 heavy (non-hydrogen) atoms. The Labute approximate surface area is 101 Å². The Hall–Kier alpha value is -1.46. The molecule has 0 saturated carbocycles. The number of rotatable bonds is 3. The predicted octanol–water partition coefficient (Wildman–Crippen LogP) is 0.0284. The van der Waals surface area contributed by atoms with Gasteiger partial charge < -0.3 is 15.0 Å². The smallest absolute Gasteiger partial charge is 0.253 e. The van der Waals surface area contributed by atoms with E-state index in [0.29, 0.717) is 19.7 Å². The summed E-state index contributed by atoms with van der Waals surface area (Å²) in [5, 5.41) is 3.15. The molecular weight excluding hydrogens is 218 g/mol. The number of pyridine rings is 1. The predicted molar refractivity (Wildman–Crippen MR) is 63.3 cm³/mol. The number of likely N-dealkylation sites (N-methyl/N-ethyl adjacent to an activating group) is 1. The quantitative estimate of drug-likeness (QED) is 0.803. The Kier molecular flexibility index (Phi) is 4.06. The second-order valence-electron chi connectivity index (χ2n) is 4.11. The number of aromatic nitrogens is 1. The van der Waals surface area contributed by atoms with Gasteiger partial charge in [0.2, 0.25) is 0 Å². The molecule has 0 spiro atoms. The van der Waals surface area contributed by atoms with Crippen molar-refractivity contribution in [1.29, 1.82) is 0 Å². The molecule has 2 heterocycles. The first kappa shape index (κ1) is 12.0. The number of amides is 1. The van der Waals surface area contributed by atoms with E-state index in [0.717, 1.165) is 12.1 Å². The molecule has 0 bridgehead atoms. The minimum Gasteiger partial charge on any atom is -0.366 e. The Morgan fingerprint density at radius 2 is 2.35 bits per heavy atom. The summed E-state index contributed by atoms with van der Waals surface area (Å²) < 4.78 is 5.43. The van der Waals surface area contributed by atoms with Gasteiger partial charge in [-0.25, -0.2) is 0 Å². The SMILES string of the molecule is CN(Cc1ccncc1)C(=O)C1CNCCO1. The third-order valence-corrected chi connectivity index (χ3v) is 2.75. The number of carbonyl (C=O) groups is 1. The molecule has 5 nitrogen and oxygen atoms in total. The molecule has 1 aliphatic rings. The van der Waals surface area contributed by atoms with Crippen LogP contribution in [0.1, 0.15) is 5.56 Å². The molecule has 1 aromatic rings. The highest BCUT2D eigenvalue weighted by molar-refractivity contribution is 5.81. The summed E-state index contributed by atoms with van der Waals surface area (Å²) in [5.74, 6) is 0.0222. The molecule has 1 amide bonds. The van der Waals surface area contributed by atoms with Crippen molar-refractivity contribution in [3.63, 3.8) is 0 Å². The van der Waals surface area contributed by atoms with Crippen molar-refractivity contribution in [3.8, 4) is 0 Å². The van der Waals surface area contributed by atoms with E-state index in [4.69, 9.17) is 4.74 Å². The van der Waals surface area contributed by atoms with Crippen LogP contribution >= 0.6 is 0 Å². The van der Waals surface area contributed by atoms with E-state index < -0.39 is 0 Å².